The Bertz CT molecular complexity index is 844. The number of anilines is 1. The maximum absolute atomic E-state index is 12.1. The maximum Gasteiger partial charge on any atom is 0.126 e. The van der Waals surface area contributed by atoms with Gasteiger partial charge in [-0.25, -0.2) is 0 Å². The standard InChI is InChI=1S/C23H21NO/c25-16-22-21(17-9-3-1-4-10-17)15-18-11-7-8-14-20(18)23(22)24-19-12-5-2-6-13-19/h1-14,16,21-24H,15H2/t21?,22-,23-/m1/s1. The monoisotopic (exact) mass is 327 g/mol. The number of carbonyl (C=O) groups excluding carboxylic acids is 1. The molecule has 3 atom stereocenters. The summed E-state index contributed by atoms with van der Waals surface area (Å²) >= 11 is 0. The molecule has 0 heterocycles. The van der Waals surface area contributed by atoms with Crippen molar-refractivity contribution in [3.05, 3.63) is 102 Å². The van der Waals surface area contributed by atoms with E-state index in [0.29, 0.717) is 0 Å². The molecule has 0 bridgehead atoms. The number of aldehydes is 1. The molecule has 0 saturated carbocycles. The molecule has 1 aliphatic rings. The van der Waals surface area contributed by atoms with Crippen LogP contribution in [0.3, 0.4) is 0 Å². The van der Waals surface area contributed by atoms with Gasteiger partial charge in [-0.2, -0.15) is 0 Å². The molecule has 0 spiro atoms. The minimum atomic E-state index is -0.0995. The van der Waals surface area contributed by atoms with Crippen molar-refractivity contribution in [2.24, 2.45) is 5.92 Å². The van der Waals surface area contributed by atoms with Gasteiger partial charge in [0.1, 0.15) is 6.29 Å². The molecular weight excluding hydrogens is 306 g/mol. The summed E-state index contributed by atoms with van der Waals surface area (Å²) in [5.74, 6) is 0.0901. The van der Waals surface area contributed by atoms with Crippen molar-refractivity contribution in [2.45, 2.75) is 18.4 Å². The van der Waals surface area contributed by atoms with Crippen molar-refractivity contribution < 1.29 is 4.79 Å². The van der Waals surface area contributed by atoms with Crippen LogP contribution in [0.15, 0.2) is 84.9 Å². The van der Waals surface area contributed by atoms with E-state index in [2.05, 4.69) is 66.0 Å². The SMILES string of the molecule is O=C[C@@H]1C(c2ccccc2)Cc2ccccc2[C@H]1Nc1ccccc1. The molecule has 1 unspecified atom stereocenters. The lowest BCUT2D eigenvalue weighted by atomic mass is 9.70. The molecule has 0 amide bonds. The Morgan fingerprint density at radius 3 is 2.16 bits per heavy atom. The van der Waals surface area contributed by atoms with Crippen molar-refractivity contribution in [3.8, 4) is 0 Å². The minimum absolute atomic E-state index is 0.0185. The third kappa shape index (κ3) is 3.08. The van der Waals surface area contributed by atoms with Crippen LogP contribution in [0.5, 0.6) is 0 Å². The average molecular weight is 327 g/mol. The fourth-order valence-electron chi connectivity index (χ4n) is 3.94. The van der Waals surface area contributed by atoms with Crippen molar-refractivity contribution in [1.29, 1.82) is 0 Å². The Labute approximate surface area is 148 Å². The van der Waals surface area contributed by atoms with Crippen molar-refractivity contribution in [3.63, 3.8) is 0 Å². The van der Waals surface area contributed by atoms with E-state index < -0.39 is 0 Å². The number of hydrogen-bond acceptors (Lipinski definition) is 2. The van der Waals surface area contributed by atoms with E-state index in [1.807, 2.05) is 24.3 Å². The Morgan fingerprint density at radius 2 is 1.44 bits per heavy atom. The van der Waals surface area contributed by atoms with Gasteiger partial charge in [0, 0.05) is 11.6 Å². The van der Waals surface area contributed by atoms with E-state index in [9.17, 15) is 4.79 Å². The Morgan fingerprint density at radius 1 is 0.800 bits per heavy atom. The van der Waals surface area contributed by atoms with Crippen molar-refractivity contribution in [1.82, 2.24) is 0 Å². The molecule has 2 nitrogen and oxygen atoms in total. The number of nitrogens with one attached hydrogen (secondary N) is 1. The van der Waals surface area contributed by atoms with Gasteiger partial charge in [-0.05, 0) is 41.2 Å². The van der Waals surface area contributed by atoms with Gasteiger partial charge in [0.25, 0.3) is 0 Å². The van der Waals surface area contributed by atoms with Crippen LogP contribution in [0, 0.1) is 5.92 Å². The Hall–Kier alpha value is -2.87. The van der Waals surface area contributed by atoms with Gasteiger partial charge in [-0.1, -0.05) is 72.8 Å². The van der Waals surface area contributed by atoms with E-state index in [0.717, 1.165) is 18.4 Å². The summed E-state index contributed by atoms with van der Waals surface area (Å²) in [5.41, 5.74) is 4.83. The van der Waals surface area contributed by atoms with Crippen LogP contribution in [0.25, 0.3) is 0 Å². The summed E-state index contributed by atoms with van der Waals surface area (Å²) < 4.78 is 0. The van der Waals surface area contributed by atoms with Gasteiger partial charge in [-0.15, -0.1) is 0 Å². The molecule has 0 aliphatic heterocycles. The molecule has 3 aromatic rings. The van der Waals surface area contributed by atoms with E-state index in [4.69, 9.17) is 0 Å². The Kier molecular flexibility index (Phi) is 4.34. The highest BCUT2D eigenvalue weighted by Gasteiger charge is 2.37. The van der Waals surface area contributed by atoms with Gasteiger partial charge >= 0.3 is 0 Å². The second-order valence-electron chi connectivity index (χ2n) is 6.62. The first-order chi connectivity index (χ1) is 12.4. The fraction of sp³-hybridized carbons (Fsp3) is 0.174. The lowest BCUT2D eigenvalue weighted by Crippen LogP contribution is -2.33. The summed E-state index contributed by atoms with van der Waals surface area (Å²) in [5, 5.41) is 3.61. The second-order valence-corrected chi connectivity index (χ2v) is 6.62. The highest BCUT2D eigenvalue weighted by atomic mass is 16.1. The number of benzene rings is 3. The first-order valence-electron chi connectivity index (χ1n) is 8.76. The molecule has 124 valence electrons. The number of fused-ring (bicyclic) bond motifs is 1. The van der Waals surface area contributed by atoms with Crippen LogP contribution < -0.4 is 5.32 Å². The first kappa shape index (κ1) is 15.6. The van der Waals surface area contributed by atoms with E-state index in [1.54, 1.807) is 0 Å². The molecule has 25 heavy (non-hydrogen) atoms. The molecule has 0 saturated heterocycles. The van der Waals surface area contributed by atoms with Gasteiger partial charge in [0.2, 0.25) is 0 Å². The largest absolute Gasteiger partial charge is 0.377 e. The summed E-state index contributed by atoms with van der Waals surface area (Å²) in [6.07, 6.45) is 2.03. The third-order valence-corrected chi connectivity index (χ3v) is 5.16. The predicted molar refractivity (Wildman–Crippen MR) is 102 cm³/mol. The van der Waals surface area contributed by atoms with Gasteiger partial charge in [0.05, 0.1) is 6.04 Å². The average Bonchev–Trinajstić information content (AvgIpc) is 2.69. The number of carbonyl (C=O) groups is 1. The zero-order chi connectivity index (χ0) is 17.1. The zero-order valence-electron chi connectivity index (χ0n) is 14.0. The molecule has 2 heteroatoms. The molecule has 1 aliphatic carbocycles. The zero-order valence-corrected chi connectivity index (χ0v) is 14.0. The molecule has 3 aromatic carbocycles. The number of para-hydroxylation sites is 1. The summed E-state index contributed by atoms with van der Waals surface area (Å²) in [4.78, 5) is 12.1. The van der Waals surface area contributed by atoms with Crippen LogP contribution in [0.2, 0.25) is 0 Å². The first-order valence-corrected chi connectivity index (χ1v) is 8.76. The molecular formula is C23H21NO. The normalized spacial score (nSPS) is 22.0. The van der Waals surface area contributed by atoms with Crippen molar-refractivity contribution in [2.75, 3.05) is 5.32 Å². The van der Waals surface area contributed by atoms with E-state index >= 15 is 0 Å². The van der Waals surface area contributed by atoms with Gasteiger partial charge in [0.15, 0.2) is 0 Å². The smallest absolute Gasteiger partial charge is 0.126 e. The molecule has 0 aromatic heterocycles. The lowest BCUT2D eigenvalue weighted by molar-refractivity contribution is -0.112. The van der Waals surface area contributed by atoms with Gasteiger partial charge < -0.3 is 10.1 Å². The molecule has 4 rings (SSSR count). The summed E-state index contributed by atoms with van der Waals surface area (Å²) in [7, 11) is 0. The highest BCUT2D eigenvalue weighted by Crippen LogP contribution is 2.43. The number of hydrogen-bond donors (Lipinski definition) is 1. The van der Waals surface area contributed by atoms with E-state index in [1.165, 1.54) is 16.7 Å². The van der Waals surface area contributed by atoms with Crippen LogP contribution >= 0.6 is 0 Å². The topological polar surface area (TPSA) is 29.1 Å². The van der Waals surface area contributed by atoms with Crippen LogP contribution in [-0.4, -0.2) is 6.29 Å². The molecule has 1 N–H and O–H groups in total. The summed E-state index contributed by atoms with van der Waals surface area (Å²) in [6.45, 7) is 0. The third-order valence-electron chi connectivity index (χ3n) is 5.16. The van der Waals surface area contributed by atoms with Crippen LogP contribution in [-0.2, 0) is 11.2 Å². The maximum atomic E-state index is 12.1. The fourth-order valence-corrected chi connectivity index (χ4v) is 3.94. The quantitative estimate of drug-likeness (QED) is 0.684. The Balaban J connectivity index is 1.77. The van der Waals surface area contributed by atoms with E-state index in [-0.39, 0.29) is 17.9 Å². The highest BCUT2D eigenvalue weighted by molar-refractivity contribution is 5.63. The van der Waals surface area contributed by atoms with Gasteiger partial charge in [-0.3, -0.25) is 0 Å². The van der Waals surface area contributed by atoms with Crippen LogP contribution in [0.1, 0.15) is 28.7 Å². The summed E-state index contributed by atoms with van der Waals surface area (Å²) in [6, 6.07) is 29.0. The van der Waals surface area contributed by atoms with Crippen LogP contribution in [0.4, 0.5) is 5.69 Å². The minimum Gasteiger partial charge on any atom is -0.377 e. The number of rotatable bonds is 4. The predicted octanol–water partition coefficient (Wildman–Crippen LogP) is 4.99. The lowest BCUT2D eigenvalue weighted by Gasteiger charge is -2.38. The molecule has 0 fully saturated rings. The second kappa shape index (κ2) is 6.94. The molecule has 0 radical (unpaired) electrons. The van der Waals surface area contributed by atoms with Crippen molar-refractivity contribution >= 4 is 12.0 Å².